The Hall–Kier alpha value is -3.44. The number of rotatable bonds is 9. The molecule has 5 heteroatoms. The van der Waals surface area contributed by atoms with Gasteiger partial charge in [0.05, 0.1) is 0 Å². The lowest BCUT2D eigenvalue weighted by atomic mass is 9.98. The van der Waals surface area contributed by atoms with Gasteiger partial charge in [-0.2, -0.15) is 0 Å². The largest absolute Gasteiger partial charge is 0.352 e. The maximum Gasteiger partial charge on any atom is 0.251 e. The smallest absolute Gasteiger partial charge is 0.251 e. The molecular weight excluding hydrogens is 398 g/mol. The van der Waals surface area contributed by atoms with Gasteiger partial charge in [0.15, 0.2) is 0 Å². The quantitative estimate of drug-likeness (QED) is 0.537. The molecule has 0 aliphatic rings. The number of carbonyl (C=O) groups excluding carboxylic acids is 2. The Morgan fingerprint density at radius 1 is 0.875 bits per heavy atom. The number of amides is 2. The highest BCUT2D eigenvalue weighted by Crippen LogP contribution is 2.24. The second kappa shape index (κ2) is 11.3. The van der Waals surface area contributed by atoms with Crippen molar-refractivity contribution in [1.29, 1.82) is 0 Å². The van der Waals surface area contributed by atoms with E-state index in [0.29, 0.717) is 18.7 Å². The summed E-state index contributed by atoms with van der Waals surface area (Å²) in [5.74, 6) is -0.254. The van der Waals surface area contributed by atoms with Crippen LogP contribution in [0.15, 0.2) is 72.8 Å². The Balaban J connectivity index is 1.52. The van der Waals surface area contributed by atoms with Crippen LogP contribution in [0, 0.1) is 6.92 Å². The van der Waals surface area contributed by atoms with Crippen LogP contribution >= 0.6 is 0 Å². The maximum atomic E-state index is 12.3. The molecule has 0 bridgehead atoms. The first kappa shape index (κ1) is 23.2. The van der Waals surface area contributed by atoms with E-state index < -0.39 is 0 Å². The molecule has 0 atom stereocenters. The molecule has 0 aliphatic carbocycles. The number of nitrogens with zero attached hydrogens (tertiary/aromatic N) is 1. The Kier molecular flexibility index (Phi) is 8.17. The van der Waals surface area contributed by atoms with E-state index in [2.05, 4.69) is 60.0 Å². The molecule has 166 valence electrons. The standard InChI is InChI=1S/C27H31N3O2/c1-20-7-6-9-23(17-20)27(32)28-16-15-26(31)29-18-24-8-4-5-10-25(24)22-13-11-21(12-14-22)19-30(2)3/h4-14,17H,15-16,18-19H2,1-3H3,(H,28,32)(H,29,31). The van der Waals surface area contributed by atoms with Crippen LogP contribution in [0.4, 0.5) is 0 Å². The van der Waals surface area contributed by atoms with Gasteiger partial charge in [-0.25, -0.2) is 0 Å². The first-order chi connectivity index (χ1) is 15.4. The summed E-state index contributed by atoms with van der Waals surface area (Å²) in [5.41, 5.74) is 6.19. The van der Waals surface area contributed by atoms with Crippen molar-refractivity contribution in [1.82, 2.24) is 15.5 Å². The van der Waals surface area contributed by atoms with Crippen molar-refractivity contribution in [3.63, 3.8) is 0 Å². The molecule has 0 saturated heterocycles. The molecular formula is C27H31N3O2. The summed E-state index contributed by atoms with van der Waals surface area (Å²) < 4.78 is 0. The SMILES string of the molecule is Cc1cccc(C(=O)NCCC(=O)NCc2ccccc2-c2ccc(CN(C)C)cc2)c1. The summed E-state index contributed by atoms with van der Waals surface area (Å²) >= 11 is 0. The zero-order valence-electron chi connectivity index (χ0n) is 19.0. The van der Waals surface area contributed by atoms with Crippen LogP contribution in [0.5, 0.6) is 0 Å². The predicted octanol–water partition coefficient (Wildman–Crippen LogP) is 4.16. The van der Waals surface area contributed by atoms with Gasteiger partial charge in [-0.15, -0.1) is 0 Å². The van der Waals surface area contributed by atoms with Crippen LogP contribution in [0.2, 0.25) is 0 Å². The normalized spacial score (nSPS) is 10.8. The molecule has 2 amide bonds. The van der Waals surface area contributed by atoms with Crippen molar-refractivity contribution in [3.8, 4) is 11.1 Å². The van der Waals surface area contributed by atoms with Crippen molar-refractivity contribution in [3.05, 3.63) is 95.1 Å². The number of hydrogen-bond acceptors (Lipinski definition) is 3. The summed E-state index contributed by atoms with van der Waals surface area (Å²) in [5, 5.41) is 5.78. The van der Waals surface area contributed by atoms with E-state index in [1.54, 1.807) is 6.07 Å². The molecule has 0 unspecified atom stereocenters. The van der Waals surface area contributed by atoms with Crippen LogP contribution in [-0.4, -0.2) is 37.4 Å². The second-order valence-electron chi connectivity index (χ2n) is 8.24. The first-order valence-corrected chi connectivity index (χ1v) is 10.9. The molecule has 0 fully saturated rings. The third kappa shape index (κ3) is 6.79. The predicted molar refractivity (Wildman–Crippen MR) is 129 cm³/mol. The molecule has 3 rings (SSSR count). The topological polar surface area (TPSA) is 61.4 Å². The molecule has 3 aromatic carbocycles. The Labute approximate surface area is 190 Å². The number of aryl methyl sites for hydroxylation is 1. The van der Waals surface area contributed by atoms with Crippen molar-refractivity contribution >= 4 is 11.8 Å². The third-order valence-electron chi connectivity index (χ3n) is 5.17. The fourth-order valence-corrected chi connectivity index (χ4v) is 3.57. The minimum Gasteiger partial charge on any atom is -0.352 e. The summed E-state index contributed by atoms with van der Waals surface area (Å²) in [6.45, 7) is 3.59. The minimum atomic E-state index is -0.162. The highest BCUT2D eigenvalue weighted by molar-refractivity contribution is 5.94. The minimum absolute atomic E-state index is 0.0920. The highest BCUT2D eigenvalue weighted by Gasteiger charge is 2.09. The van der Waals surface area contributed by atoms with E-state index in [9.17, 15) is 9.59 Å². The van der Waals surface area contributed by atoms with Gasteiger partial charge in [-0.1, -0.05) is 66.2 Å². The monoisotopic (exact) mass is 429 g/mol. The Morgan fingerprint density at radius 3 is 2.34 bits per heavy atom. The lowest BCUT2D eigenvalue weighted by Crippen LogP contribution is -2.30. The van der Waals surface area contributed by atoms with Crippen LogP contribution in [0.25, 0.3) is 11.1 Å². The van der Waals surface area contributed by atoms with Gasteiger partial charge >= 0.3 is 0 Å². The van der Waals surface area contributed by atoms with E-state index in [1.807, 2.05) is 43.3 Å². The molecule has 0 aliphatic heterocycles. The Morgan fingerprint density at radius 2 is 1.62 bits per heavy atom. The highest BCUT2D eigenvalue weighted by atomic mass is 16.2. The average Bonchev–Trinajstić information content (AvgIpc) is 2.78. The van der Waals surface area contributed by atoms with Gasteiger partial charge in [-0.3, -0.25) is 9.59 Å². The van der Waals surface area contributed by atoms with E-state index in [0.717, 1.165) is 28.8 Å². The molecule has 0 spiro atoms. The van der Waals surface area contributed by atoms with Gasteiger partial charge in [0.1, 0.15) is 0 Å². The number of carbonyl (C=O) groups is 2. The molecule has 5 nitrogen and oxygen atoms in total. The van der Waals surface area contributed by atoms with Crippen LogP contribution in [0.3, 0.4) is 0 Å². The van der Waals surface area contributed by atoms with Crippen LogP contribution in [0.1, 0.15) is 33.5 Å². The average molecular weight is 430 g/mol. The number of nitrogens with one attached hydrogen (secondary N) is 2. The molecule has 32 heavy (non-hydrogen) atoms. The van der Waals surface area contributed by atoms with Crippen molar-refractivity contribution in [2.45, 2.75) is 26.4 Å². The first-order valence-electron chi connectivity index (χ1n) is 10.9. The second-order valence-corrected chi connectivity index (χ2v) is 8.24. The van der Waals surface area contributed by atoms with Gasteiger partial charge in [0, 0.05) is 31.6 Å². The van der Waals surface area contributed by atoms with E-state index in [-0.39, 0.29) is 18.2 Å². The lowest BCUT2D eigenvalue weighted by molar-refractivity contribution is -0.121. The van der Waals surface area contributed by atoms with Gasteiger partial charge < -0.3 is 15.5 Å². The third-order valence-corrected chi connectivity index (χ3v) is 5.17. The summed E-state index contributed by atoms with van der Waals surface area (Å²) in [4.78, 5) is 26.7. The summed E-state index contributed by atoms with van der Waals surface area (Å²) in [7, 11) is 4.11. The maximum absolute atomic E-state index is 12.3. The molecule has 0 aromatic heterocycles. The van der Waals surface area contributed by atoms with Crippen LogP contribution in [-0.2, 0) is 17.9 Å². The number of hydrogen-bond donors (Lipinski definition) is 2. The van der Waals surface area contributed by atoms with Crippen molar-refractivity contribution in [2.75, 3.05) is 20.6 Å². The molecule has 0 heterocycles. The molecule has 0 saturated carbocycles. The van der Waals surface area contributed by atoms with Crippen molar-refractivity contribution in [2.24, 2.45) is 0 Å². The van der Waals surface area contributed by atoms with Crippen LogP contribution < -0.4 is 10.6 Å². The van der Waals surface area contributed by atoms with Gasteiger partial charge in [-0.05, 0) is 55.4 Å². The van der Waals surface area contributed by atoms with Gasteiger partial charge in [0.25, 0.3) is 5.91 Å². The van der Waals surface area contributed by atoms with Gasteiger partial charge in [0.2, 0.25) is 5.91 Å². The fraction of sp³-hybridized carbons (Fsp3) is 0.259. The summed E-state index contributed by atoms with van der Waals surface area (Å²) in [6, 6.07) is 24.0. The van der Waals surface area contributed by atoms with E-state index >= 15 is 0 Å². The Bertz CT molecular complexity index is 1060. The molecule has 3 aromatic rings. The zero-order valence-corrected chi connectivity index (χ0v) is 19.0. The summed E-state index contributed by atoms with van der Waals surface area (Å²) in [6.07, 6.45) is 0.235. The molecule has 2 N–H and O–H groups in total. The van der Waals surface area contributed by atoms with E-state index in [1.165, 1.54) is 5.56 Å². The van der Waals surface area contributed by atoms with E-state index in [4.69, 9.17) is 0 Å². The number of benzene rings is 3. The molecule has 0 radical (unpaired) electrons. The lowest BCUT2D eigenvalue weighted by Gasteiger charge is -2.13. The zero-order chi connectivity index (χ0) is 22.9. The fourth-order valence-electron chi connectivity index (χ4n) is 3.57. The van der Waals surface area contributed by atoms with Crippen molar-refractivity contribution < 1.29 is 9.59 Å².